The van der Waals surface area contributed by atoms with E-state index in [1.165, 1.54) is 24.3 Å². The molecular weight excluding hydrogens is 257 g/mol. The molecule has 2 aromatic carbocycles. The number of carbonyl (C=O) groups is 1. The number of carboxylic acid groups (broad SMARTS) is 1. The third-order valence-electron chi connectivity index (χ3n) is 2.40. The molecule has 0 unspecified atom stereocenters. The standard InChI is InChI=1S/C13H9ClFNO2/c14-10-2-8(3-11(15)6-10)7-1-9(13(17)18)5-12(16)4-7/h1-6H,16H2,(H,17,18). The lowest BCUT2D eigenvalue weighted by molar-refractivity contribution is 0.0697. The highest BCUT2D eigenvalue weighted by molar-refractivity contribution is 6.30. The molecule has 0 aliphatic carbocycles. The maximum atomic E-state index is 13.2. The summed E-state index contributed by atoms with van der Waals surface area (Å²) in [6.45, 7) is 0. The van der Waals surface area contributed by atoms with E-state index in [0.29, 0.717) is 16.8 Å². The lowest BCUT2D eigenvalue weighted by Crippen LogP contribution is -1.98. The fraction of sp³-hybridized carbons (Fsp3) is 0. The van der Waals surface area contributed by atoms with Crippen LogP contribution in [0.25, 0.3) is 11.1 Å². The van der Waals surface area contributed by atoms with Crippen molar-refractivity contribution in [1.29, 1.82) is 0 Å². The molecule has 0 heterocycles. The summed E-state index contributed by atoms with van der Waals surface area (Å²) in [6, 6.07) is 8.32. The summed E-state index contributed by atoms with van der Waals surface area (Å²) in [6.07, 6.45) is 0. The Bertz CT molecular complexity index is 608. The van der Waals surface area contributed by atoms with Crippen LogP contribution in [0.15, 0.2) is 36.4 Å². The molecule has 0 saturated carbocycles. The monoisotopic (exact) mass is 265 g/mol. The number of hydrogen-bond acceptors (Lipinski definition) is 2. The van der Waals surface area contributed by atoms with Crippen LogP contribution < -0.4 is 5.73 Å². The van der Waals surface area contributed by atoms with Crippen LogP contribution in [0.3, 0.4) is 0 Å². The van der Waals surface area contributed by atoms with Crippen molar-refractivity contribution in [2.45, 2.75) is 0 Å². The van der Waals surface area contributed by atoms with Gasteiger partial charge < -0.3 is 10.8 Å². The van der Waals surface area contributed by atoms with E-state index in [9.17, 15) is 9.18 Å². The van der Waals surface area contributed by atoms with Gasteiger partial charge in [0, 0.05) is 10.7 Å². The van der Waals surface area contributed by atoms with Gasteiger partial charge in [0.05, 0.1) is 5.56 Å². The molecule has 0 bridgehead atoms. The van der Waals surface area contributed by atoms with Crippen molar-refractivity contribution >= 4 is 23.3 Å². The van der Waals surface area contributed by atoms with Crippen molar-refractivity contribution in [2.24, 2.45) is 0 Å². The molecule has 2 rings (SSSR count). The molecule has 0 spiro atoms. The molecule has 5 heteroatoms. The van der Waals surface area contributed by atoms with Crippen molar-refractivity contribution in [3.8, 4) is 11.1 Å². The van der Waals surface area contributed by atoms with Crippen molar-refractivity contribution in [3.63, 3.8) is 0 Å². The van der Waals surface area contributed by atoms with E-state index in [0.717, 1.165) is 0 Å². The average Bonchev–Trinajstić information content (AvgIpc) is 2.26. The number of nitrogen functional groups attached to an aromatic ring is 1. The quantitative estimate of drug-likeness (QED) is 0.818. The first-order valence-electron chi connectivity index (χ1n) is 5.06. The van der Waals surface area contributed by atoms with E-state index in [1.807, 2.05) is 0 Å². The van der Waals surface area contributed by atoms with Gasteiger partial charge in [-0.2, -0.15) is 0 Å². The molecule has 3 N–H and O–H groups in total. The number of anilines is 1. The minimum absolute atomic E-state index is 0.0467. The zero-order valence-corrected chi connectivity index (χ0v) is 9.91. The van der Waals surface area contributed by atoms with Gasteiger partial charge >= 0.3 is 5.97 Å². The highest BCUT2D eigenvalue weighted by Gasteiger charge is 2.08. The normalized spacial score (nSPS) is 10.3. The Morgan fingerprint density at radius 2 is 1.78 bits per heavy atom. The summed E-state index contributed by atoms with van der Waals surface area (Å²) in [5.74, 6) is -1.58. The zero-order chi connectivity index (χ0) is 13.3. The van der Waals surface area contributed by atoms with E-state index in [1.54, 1.807) is 12.1 Å². The van der Waals surface area contributed by atoms with Gasteiger partial charge in [-0.05, 0) is 47.5 Å². The first kappa shape index (κ1) is 12.4. The number of aromatic carboxylic acids is 1. The Kier molecular flexibility index (Phi) is 3.21. The van der Waals surface area contributed by atoms with Gasteiger partial charge in [-0.1, -0.05) is 11.6 Å². The summed E-state index contributed by atoms with van der Waals surface area (Å²) < 4.78 is 13.2. The van der Waals surface area contributed by atoms with Gasteiger partial charge in [0.25, 0.3) is 0 Å². The lowest BCUT2D eigenvalue weighted by atomic mass is 10.0. The Morgan fingerprint density at radius 1 is 1.11 bits per heavy atom. The maximum absolute atomic E-state index is 13.2. The molecule has 0 aliphatic rings. The number of rotatable bonds is 2. The van der Waals surface area contributed by atoms with Crippen LogP contribution in [0, 0.1) is 5.82 Å². The highest BCUT2D eigenvalue weighted by atomic mass is 35.5. The molecule has 0 amide bonds. The molecule has 0 aliphatic heterocycles. The minimum Gasteiger partial charge on any atom is -0.478 e. The van der Waals surface area contributed by atoms with E-state index in [4.69, 9.17) is 22.4 Å². The molecule has 0 atom stereocenters. The minimum atomic E-state index is -1.09. The average molecular weight is 266 g/mol. The van der Waals surface area contributed by atoms with Crippen LogP contribution in [0.1, 0.15) is 10.4 Å². The molecule has 2 aromatic rings. The Hall–Kier alpha value is -2.07. The van der Waals surface area contributed by atoms with Crippen molar-refractivity contribution in [2.75, 3.05) is 5.73 Å². The lowest BCUT2D eigenvalue weighted by Gasteiger charge is -2.06. The van der Waals surface area contributed by atoms with Crippen molar-refractivity contribution in [3.05, 3.63) is 52.8 Å². The number of carboxylic acids is 1. The molecular formula is C13H9ClFNO2. The zero-order valence-electron chi connectivity index (χ0n) is 9.15. The van der Waals surface area contributed by atoms with Gasteiger partial charge in [0.1, 0.15) is 5.82 Å². The van der Waals surface area contributed by atoms with Gasteiger partial charge in [0.2, 0.25) is 0 Å². The highest BCUT2D eigenvalue weighted by Crippen LogP contribution is 2.27. The largest absolute Gasteiger partial charge is 0.478 e. The molecule has 92 valence electrons. The molecule has 0 aromatic heterocycles. The summed E-state index contributed by atoms with van der Waals surface area (Å²) in [7, 11) is 0. The molecule has 0 saturated heterocycles. The number of nitrogens with two attached hydrogens (primary N) is 1. The van der Waals surface area contributed by atoms with Gasteiger partial charge in [0.15, 0.2) is 0 Å². The molecule has 3 nitrogen and oxygen atoms in total. The number of hydrogen-bond donors (Lipinski definition) is 2. The molecule has 0 fully saturated rings. The second-order valence-electron chi connectivity index (χ2n) is 3.81. The third kappa shape index (κ3) is 2.60. The summed E-state index contributed by atoms with van der Waals surface area (Å²) in [5, 5.41) is 9.17. The molecule has 0 radical (unpaired) electrons. The van der Waals surface area contributed by atoms with Crippen LogP contribution in [0.2, 0.25) is 5.02 Å². The Labute approximate surface area is 108 Å². The van der Waals surface area contributed by atoms with E-state index in [-0.39, 0.29) is 10.6 Å². The van der Waals surface area contributed by atoms with Crippen molar-refractivity contribution < 1.29 is 14.3 Å². The van der Waals surface area contributed by atoms with E-state index in [2.05, 4.69) is 0 Å². The predicted octanol–water partition coefficient (Wildman–Crippen LogP) is 3.43. The van der Waals surface area contributed by atoms with Crippen LogP contribution in [-0.2, 0) is 0 Å². The Morgan fingerprint density at radius 3 is 2.39 bits per heavy atom. The van der Waals surface area contributed by atoms with Gasteiger partial charge in [-0.3, -0.25) is 0 Å². The van der Waals surface area contributed by atoms with Crippen LogP contribution >= 0.6 is 11.6 Å². The summed E-state index contributed by atoms with van der Waals surface area (Å²) in [4.78, 5) is 10.9. The summed E-state index contributed by atoms with van der Waals surface area (Å²) in [5.41, 5.74) is 6.95. The van der Waals surface area contributed by atoms with E-state index >= 15 is 0 Å². The summed E-state index contributed by atoms with van der Waals surface area (Å²) >= 11 is 5.75. The van der Waals surface area contributed by atoms with Gasteiger partial charge in [-0.25, -0.2) is 9.18 Å². The van der Waals surface area contributed by atoms with Crippen LogP contribution in [0.4, 0.5) is 10.1 Å². The SMILES string of the molecule is Nc1cc(C(=O)O)cc(-c2cc(F)cc(Cl)c2)c1. The topological polar surface area (TPSA) is 63.3 Å². The second kappa shape index (κ2) is 4.66. The molecule has 18 heavy (non-hydrogen) atoms. The second-order valence-corrected chi connectivity index (χ2v) is 4.24. The van der Waals surface area contributed by atoms with Gasteiger partial charge in [-0.15, -0.1) is 0 Å². The maximum Gasteiger partial charge on any atom is 0.335 e. The van der Waals surface area contributed by atoms with E-state index < -0.39 is 11.8 Å². The van der Waals surface area contributed by atoms with Crippen molar-refractivity contribution in [1.82, 2.24) is 0 Å². The number of halogens is 2. The third-order valence-corrected chi connectivity index (χ3v) is 2.62. The first-order chi connectivity index (χ1) is 8.45. The van der Waals surface area contributed by atoms with Crippen LogP contribution in [-0.4, -0.2) is 11.1 Å². The Balaban J connectivity index is 2.59. The predicted molar refractivity (Wildman–Crippen MR) is 68.2 cm³/mol. The first-order valence-corrected chi connectivity index (χ1v) is 5.44. The van der Waals surface area contributed by atoms with Crippen LogP contribution in [0.5, 0.6) is 0 Å². The smallest absolute Gasteiger partial charge is 0.335 e. The fourth-order valence-electron chi connectivity index (χ4n) is 1.66. The number of benzene rings is 2. The fourth-order valence-corrected chi connectivity index (χ4v) is 1.88.